The molecule has 0 radical (unpaired) electrons. The predicted octanol–water partition coefficient (Wildman–Crippen LogP) is 6.33. The number of pyridine rings is 1. The number of halogens is 3. The molecular formula is C28H26F3N3OS. The van der Waals surface area contributed by atoms with E-state index in [-0.39, 0.29) is 21.7 Å². The number of amides is 1. The number of nitrogens with one attached hydrogen (secondary N) is 2. The molecule has 4 nitrogen and oxygen atoms in total. The van der Waals surface area contributed by atoms with E-state index in [9.17, 15) is 18.0 Å². The molecule has 1 heterocycles. The van der Waals surface area contributed by atoms with Crippen molar-refractivity contribution in [2.45, 2.75) is 50.1 Å². The van der Waals surface area contributed by atoms with Crippen molar-refractivity contribution in [3.63, 3.8) is 0 Å². The summed E-state index contributed by atoms with van der Waals surface area (Å²) in [5, 5.41) is 1.08. The number of hydrazine groups is 1. The second-order valence-corrected chi connectivity index (χ2v) is 11.1. The Morgan fingerprint density at radius 1 is 0.917 bits per heavy atom. The SMILES string of the molecule is O=C(NNC(=S)c1ccccc1C(F)(F)F)c1cc(C23CC4CC(CC(C4)C2)C3)c2ccccc2n1. The Bertz CT molecular complexity index is 1330. The molecule has 1 aromatic heterocycles. The van der Waals surface area contributed by atoms with Gasteiger partial charge in [0.05, 0.1) is 11.1 Å². The van der Waals surface area contributed by atoms with Gasteiger partial charge in [0.1, 0.15) is 10.7 Å². The van der Waals surface area contributed by atoms with Crippen LogP contribution in [-0.2, 0) is 11.6 Å². The van der Waals surface area contributed by atoms with Crippen molar-refractivity contribution < 1.29 is 18.0 Å². The van der Waals surface area contributed by atoms with Gasteiger partial charge in [-0.15, -0.1) is 0 Å². The van der Waals surface area contributed by atoms with Crippen molar-refractivity contribution in [1.82, 2.24) is 15.8 Å². The molecule has 3 aromatic rings. The maximum Gasteiger partial charge on any atom is 0.417 e. The average molecular weight is 510 g/mol. The first kappa shape index (κ1) is 23.4. The van der Waals surface area contributed by atoms with Crippen molar-refractivity contribution >= 4 is 34.0 Å². The molecular weight excluding hydrogens is 483 g/mol. The molecule has 0 unspecified atom stereocenters. The summed E-state index contributed by atoms with van der Waals surface area (Å²) < 4.78 is 40.2. The van der Waals surface area contributed by atoms with Crippen LogP contribution < -0.4 is 10.9 Å². The number of para-hydroxylation sites is 1. The Balaban J connectivity index is 1.30. The Morgan fingerprint density at radius 3 is 2.19 bits per heavy atom. The van der Waals surface area contributed by atoms with E-state index in [4.69, 9.17) is 12.2 Å². The smallest absolute Gasteiger partial charge is 0.287 e. The summed E-state index contributed by atoms with van der Waals surface area (Å²) in [5.41, 5.74) is 6.16. The molecule has 36 heavy (non-hydrogen) atoms. The molecule has 0 spiro atoms. The Labute approximate surface area is 212 Å². The summed E-state index contributed by atoms with van der Waals surface area (Å²) >= 11 is 5.18. The van der Waals surface area contributed by atoms with Crippen LogP contribution in [0.3, 0.4) is 0 Å². The lowest BCUT2D eigenvalue weighted by Crippen LogP contribution is -2.48. The number of hydrogen-bond donors (Lipinski definition) is 2. The van der Waals surface area contributed by atoms with Gasteiger partial charge in [-0.3, -0.25) is 15.6 Å². The molecule has 2 aromatic carbocycles. The van der Waals surface area contributed by atoms with Crippen LogP contribution in [0.2, 0.25) is 0 Å². The number of benzene rings is 2. The summed E-state index contributed by atoms with van der Waals surface area (Å²) in [4.78, 5) is 17.6. The van der Waals surface area contributed by atoms with Crippen LogP contribution in [0.15, 0.2) is 54.6 Å². The highest BCUT2D eigenvalue weighted by Gasteiger charge is 2.52. The minimum Gasteiger partial charge on any atom is -0.287 e. The summed E-state index contributed by atoms with van der Waals surface area (Å²) in [6.07, 6.45) is 2.82. The van der Waals surface area contributed by atoms with Gasteiger partial charge in [0.2, 0.25) is 0 Å². The van der Waals surface area contributed by atoms with Gasteiger partial charge in [-0.25, -0.2) is 4.98 Å². The van der Waals surface area contributed by atoms with Gasteiger partial charge >= 0.3 is 6.18 Å². The standard InChI is InChI=1S/C28H26F3N3OS/c29-28(30,31)21-7-3-1-6-20(21)26(36)34-33-25(35)24-12-22(19-5-2-4-8-23(19)32-24)27-13-16-9-17(14-27)11-18(10-16)15-27/h1-8,12,16-18H,9-11,13-15H2,(H,33,35)(H,34,36). The van der Waals surface area contributed by atoms with E-state index >= 15 is 0 Å². The third-order valence-electron chi connectivity index (χ3n) is 8.33. The number of nitrogens with zero attached hydrogens (tertiary/aromatic N) is 1. The van der Waals surface area contributed by atoms with Crippen LogP contribution in [0, 0.1) is 17.8 Å². The van der Waals surface area contributed by atoms with Crippen molar-refractivity contribution in [2.24, 2.45) is 17.8 Å². The van der Waals surface area contributed by atoms with Gasteiger partial charge in [0.25, 0.3) is 5.91 Å². The molecule has 0 aliphatic heterocycles. The van der Waals surface area contributed by atoms with Crippen LogP contribution >= 0.6 is 12.2 Å². The van der Waals surface area contributed by atoms with Crippen LogP contribution in [0.5, 0.6) is 0 Å². The van der Waals surface area contributed by atoms with Crippen molar-refractivity contribution in [2.75, 3.05) is 0 Å². The number of thiocarbonyl (C=S) groups is 1. The van der Waals surface area contributed by atoms with E-state index in [0.717, 1.165) is 54.0 Å². The molecule has 4 saturated carbocycles. The fraction of sp³-hybridized carbons (Fsp3) is 0.393. The number of aromatic nitrogens is 1. The Morgan fingerprint density at radius 2 is 1.53 bits per heavy atom. The van der Waals surface area contributed by atoms with Gasteiger partial charge in [-0.05, 0) is 85.5 Å². The summed E-state index contributed by atoms with van der Waals surface area (Å²) in [7, 11) is 0. The molecule has 0 saturated heterocycles. The number of alkyl halides is 3. The molecule has 4 aliphatic carbocycles. The predicted molar refractivity (Wildman–Crippen MR) is 135 cm³/mol. The highest BCUT2D eigenvalue weighted by atomic mass is 32.1. The highest BCUT2D eigenvalue weighted by Crippen LogP contribution is 2.61. The zero-order valence-electron chi connectivity index (χ0n) is 19.6. The summed E-state index contributed by atoms with van der Waals surface area (Å²) in [6, 6.07) is 14.8. The van der Waals surface area contributed by atoms with Crippen molar-refractivity contribution in [1.29, 1.82) is 0 Å². The fourth-order valence-electron chi connectivity index (χ4n) is 7.34. The normalized spacial score (nSPS) is 26.7. The van der Waals surface area contributed by atoms with E-state index in [2.05, 4.69) is 21.9 Å². The van der Waals surface area contributed by atoms with Gasteiger partial charge in [0, 0.05) is 10.9 Å². The highest BCUT2D eigenvalue weighted by molar-refractivity contribution is 7.80. The zero-order chi connectivity index (χ0) is 25.1. The molecule has 186 valence electrons. The average Bonchev–Trinajstić information content (AvgIpc) is 2.85. The summed E-state index contributed by atoms with van der Waals surface area (Å²) in [6.45, 7) is 0. The van der Waals surface area contributed by atoms with Gasteiger partial charge < -0.3 is 0 Å². The van der Waals surface area contributed by atoms with E-state index in [1.165, 1.54) is 43.0 Å². The quantitative estimate of drug-likeness (QED) is 0.320. The molecule has 1 amide bonds. The topological polar surface area (TPSA) is 54.0 Å². The van der Waals surface area contributed by atoms with Crippen LogP contribution in [-0.4, -0.2) is 15.9 Å². The lowest BCUT2D eigenvalue weighted by atomic mass is 9.48. The molecule has 4 fully saturated rings. The van der Waals surface area contributed by atoms with Crippen LogP contribution in [0.25, 0.3) is 10.9 Å². The zero-order valence-corrected chi connectivity index (χ0v) is 20.4. The number of rotatable bonds is 3. The van der Waals surface area contributed by atoms with Crippen molar-refractivity contribution in [3.05, 3.63) is 77.0 Å². The second kappa shape index (κ2) is 8.54. The summed E-state index contributed by atoms with van der Waals surface area (Å²) in [5.74, 6) is 1.70. The second-order valence-electron chi connectivity index (χ2n) is 10.7. The Kier molecular flexibility index (Phi) is 5.55. The number of hydrogen-bond acceptors (Lipinski definition) is 3. The first-order valence-corrected chi connectivity index (χ1v) is 12.8. The van der Waals surface area contributed by atoms with Crippen LogP contribution in [0.1, 0.15) is 65.7 Å². The largest absolute Gasteiger partial charge is 0.417 e. The monoisotopic (exact) mass is 509 g/mol. The minimum absolute atomic E-state index is 0.0563. The van der Waals surface area contributed by atoms with Gasteiger partial charge in [-0.2, -0.15) is 13.2 Å². The lowest BCUT2D eigenvalue weighted by Gasteiger charge is -2.57. The van der Waals surface area contributed by atoms with E-state index in [1.54, 1.807) is 0 Å². The van der Waals surface area contributed by atoms with Gasteiger partial charge in [0.15, 0.2) is 0 Å². The van der Waals surface area contributed by atoms with E-state index in [0.29, 0.717) is 0 Å². The number of carbonyl (C=O) groups is 1. The number of fused-ring (bicyclic) bond motifs is 1. The Hall–Kier alpha value is -3.00. The third kappa shape index (κ3) is 4.05. The van der Waals surface area contributed by atoms with Crippen molar-refractivity contribution in [3.8, 4) is 0 Å². The molecule has 2 N–H and O–H groups in total. The van der Waals surface area contributed by atoms with Crippen LogP contribution in [0.4, 0.5) is 13.2 Å². The maximum absolute atomic E-state index is 13.4. The van der Waals surface area contributed by atoms with Gasteiger partial charge in [-0.1, -0.05) is 48.6 Å². The molecule has 4 bridgehead atoms. The van der Waals surface area contributed by atoms with E-state index < -0.39 is 17.6 Å². The molecule has 0 atom stereocenters. The fourth-order valence-corrected chi connectivity index (χ4v) is 7.57. The lowest BCUT2D eigenvalue weighted by molar-refractivity contribution is -0.137. The number of carbonyl (C=O) groups excluding carboxylic acids is 1. The first-order valence-electron chi connectivity index (χ1n) is 12.4. The maximum atomic E-state index is 13.4. The van der Waals surface area contributed by atoms with E-state index in [1.807, 2.05) is 24.3 Å². The molecule has 8 heteroatoms. The minimum atomic E-state index is -4.56. The first-order chi connectivity index (χ1) is 17.2. The molecule has 4 aliphatic rings. The third-order valence-corrected chi connectivity index (χ3v) is 8.65. The molecule has 7 rings (SSSR count).